The highest BCUT2D eigenvalue weighted by atomic mass is 16.5. The molecule has 1 atom stereocenters. The number of benzene rings is 1. The Hall–Kier alpha value is -1.67. The van der Waals surface area contributed by atoms with Gasteiger partial charge in [0.15, 0.2) is 5.96 Å². The molecule has 0 saturated carbocycles. The van der Waals surface area contributed by atoms with E-state index in [0.717, 1.165) is 91.0 Å². The number of aliphatic imine (C=N–C) groups is 1. The lowest BCUT2D eigenvalue weighted by Crippen LogP contribution is -2.43. The Bertz CT molecular complexity index is 623. The van der Waals surface area contributed by atoms with Gasteiger partial charge in [-0.2, -0.15) is 0 Å². The van der Waals surface area contributed by atoms with Crippen LogP contribution in [0.4, 0.5) is 0 Å². The molecule has 1 aromatic carbocycles. The van der Waals surface area contributed by atoms with Crippen molar-refractivity contribution in [3.63, 3.8) is 0 Å². The number of hydrogen-bond acceptors (Lipinski definition) is 5. The van der Waals surface area contributed by atoms with Gasteiger partial charge in [-0.3, -0.25) is 9.89 Å². The molecule has 7 nitrogen and oxygen atoms in total. The first-order chi connectivity index (χ1) is 14.7. The van der Waals surface area contributed by atoms with Crippen molar-refractivity contribution in [3.8, 4) is 0 Å². The second-order valence-electron chi connectivity index (χ2n) is 8.41. The van der Waals surface area contributed by atoms with E-state index in [2.05, 4.69) is 56.7 Å². The van der Waals surface area contributed by atoms with Gasteiger partial charge in [-0.05, 0) is 31.0 Å². The van der Waals surface area contributed by atoms with Crippen LogP contribution in [0.2, 0.25) is 0 Å². The molecule has 2 fully saturated rings. The van der Waals surface area contributed by atoms with E-state index in [0.29, 0.717) is 5.92 Å². The molecule has 2 heterocycles. The summed E-state index contributed by atoms with van der Waals surface area (Å²) >= 11 is 0. The molecule has 2 aliphatic heterocycles. The number of rotatable bonds is 10. The van der Waals surface area contributed by atoms with Crippen molar-refractivity contribution >= 4 is 5.96 Å². The zero-order valence-corrected chi connectivity index (χ0v) is 18.7. The van der Waals surface area contributed by atoms with Crippen molar-refractivity contribution in [2.45, 2.75) is 25.9 Å². The number of ether oxygens (including phenoxy) is 2. The predicted molar refractivity (Wildman–Crippen MR) is 122 cm³/mol. The van der Waals surface area contributed by atoms with Gasteiger partial charge in [0, 0.05) is 72.0 Å². The molecular formula is C23H39N5O2. The van der Waals surface area contributed by atoms with Gasteiger partial charge in [0.1, 0.15) is 0 Å². The van der Waals surface area contributed by atoms with Crippen LogP contribution in [0.1, 0.15) is 24.0 Å². The van der Waals surface area contributed by atoms with Gasteiger partial charge in [0.2, 0.25) is 0 Å². The minimum atomic E-state index is 0.584. The molecule has 7 heteroatoms. The molecule has 1 unspecified atom stereocenters. The molecular weight excluding hydrogens is 378 g/mol. The summed E-state index contributed by atoms with van der Waals surface area (Å²) in [4.78, 5) is 9.24. The van der Waals surface area contributed by atoms with Gasteiger partial charge in [0.25, 0.3) is 0 Å². The van der Waals surface area contributed by atoms with E-state index in [1.807, 2.05) is 7.05 Å². The molecule has 0 aromatic heterocycles. The summed E-state index contributed by atoms with van der Waals surface area (Å²) in [5.74, 6) is 1.42. The Morgan fingerprint density at radius 1 is 1.13 bits per heavy atom. The van der Waals surface area contributed by atoms with E-state index in [1.54, 1.807) is 0 Å². The third-order valence-electron chi connectivity index (χ3n) is 5.84. The predicted octanol–water partition coefficient (Wildman–Crippen LogP) is 1.54. The molecule has 2 N–H and O–H groups in total. The van der Waals surface area contributed by atoms with Crippen molar-refractivity contribution in [1.29, 1.82) is 0 Å². The van der Waals surface area contributed by atoms with Gasteiger partial charge >= 0.3 is 0 Å². The second-order valence-corrected chi connectivity index (χ2v) is 8.41. The maximum Gasteiger partial charge on any atom is 0.191 e. The number of guanidine groups is 1. The van der Waals surface area contributed by atoms with Crippen LogP contribution < -0.4 is 10.6 Å². The Balaban J connectivity index is 1.27. The maximum atomic E-state index is 5.75. The monoisotopic (exact) mass is 417 g/mol. The molecule has 0 bridgehead atoms. The van der Waals surface area contributed by atoms with Crippen LogP contribution in [0.25, 0.3) is 0 Å². The first-order valence-corrected chi connectivity index (χ1v) is 11.3. The Labute approximate surface area is 181 Å². The summed E-state index contributed by atoms with van der Waals surface area (Å²) in [6.07, 6.45) is 2.10. The normalized spacial score (nSPS) is 21.1. The lowest BCUT2D eigenvalue weighted by molar-refractivity contribution is 0.0888. The lowest BCUT2D eigenvalue weighted by atomic mass is 10.1. The summed E-state index contributed by atoms with van der Waals surface area (Å²) in [5, 5.41) is 6.75. The number of piperazine rings is 1. The third-order valence-corrected chi connectivity index (χ3v) is 5.84. The highest BCUT2D eigenvalue weighted by molar-refractivity contribution is 5.79. The van der Waals surface area contributed by atoms with Crippen molar-refractivity contribution in [2.24, 2.45) is 10.9 Å². The van der Waals surface area contributed by atoms with Crippen LogP contribution in [0.5, 0.6) is 0 Å². The highest BCUT2D eigenvalue weighted by Crippen LogP contribution is 2.12. The summed E-state index contributed by atoms with van der Waals surface area (Å²) in [5.41, 5.74) is 2.65. The Kier molecular flexibility index (Phi) is 9.89. The van der Waals surface area contributed by atoms with E-state index in [1.165, 1.54) is 11.1 Å². The van der Waals surface area contributed by atoms with Gasteiger partial charge in [0.05, 0.1) is 13.2 Å². The first kappa shape index (κ1) is 23.0. The van der Waals surface area contributed by atoms with Crippen LogP contribution in [0.15, 0.2) is 29.3 Å². The summed E-state index contributed by atoms with van der Waals surface area (Å²) in [6, 6.07) is 8.93. The molecule has 168 valence electrons. The summed E-state index contributed by atoms with van der Waals surface area (Å²) in [7, 11) is 4.01. The fourth-order valence-corrected chi connectivity index (χ4v) is 3.78. The number of hydrogen-bond donors (Lipinski definition) is 2. The van der Waals surface area contributed by atoms with Gasteiger partial charge in [-0.25, -0.2) is 0 Å². The van der Waals surface area contributed by atoms with E-state index in [4.69, 9.17) is 9.47 Å². The van der Waals surface area contributed by atoms with Gasteiger partial charge in [-0.15, -0.1) is 0 Å². The molecule has 0 aliphatic carbocycles. The topological polar surface area (TPSA) is 61.4 Å². The average molecular weight is 418 g/mol. The van der Waals surface area contributed by atoms with Crippen molar-refractivity contribution in [3.05, 3.63) is 35.4 Å². The second kappa shape index (κ2) is 12.9. The Morgan fingerprint density at radius 2 is 1.90 bits per heavy atom. The SMILES string of the molecule is CN=C(NCCCOCC1CCOC1)NCc1ccc(CN2CCN(C)CC2)cc1. The molecule has 0 amide bonds. The van der Waals surface area contributed by atoms with Crippen LogP contribution in [0.3, 0.4) is 0 Å². The molecule has 30 heavy (non-hydrogen) atoms. The van der Waals surface area contributed by atoms with Crippen molar-refractivity contribution < 1.29 is 9.47 Å². The number of nitrogens with zero attached hydrogens (tertiary/aromatic N) is 3. The smallest absolute Gasteiger partial charge is 0.191 e. The minimum Gasteiger partial charge on any atom is -0.381 e. The fraction of sp³-hybridized carbons (Fsp3) is 0.696. The maximum absolute atomic E-state index is 5.75. The van der Waals surface area contributed by atoms with Crippen LogP contribution in [-0.4, -0.2) is 89.0 Å². The van der Waals surface area contributed by atoms with Crippen LogP contribution in [-0.2, 0) is 22.6 Å². The van der Waals surface area contributed by atoms with Crippen LogP contribution in [0, 0.1) is 5.92 Å². The van der Waals surface area contributed by atoms with Crippen molar-refractivity contribution in [2.75, 3.05) is 73.2 Å². The van der Waals surface area contributed by atoms with Gasteiger partial charge < -0.3 is 25.0 Å². The van der Waals surface area contributed by atoms with E-state index < -0.39 is 0 Å². The zero-order valence-electron chi connectivity index (χ0n) is 18.7. The lowest BCUT2D eigenvalue weighted by Gasteiger charge is -2.32. The molecule has 0 spiro atoms. The fourth-order valence-electron chi connectivity index (χ4n) is 3.78. The van der Waals surface area contributed by atoms with E-state index in [9.17, 15) is 0 Å². The molecule has 1 aromatic rings. The third kappa shape index (κ3) is 8.22. The zero-order chi connectivity index (χ0) is 21.0. The van der Waals surface area contributed by atoms with E-state index >= 15 is 0 Å². The summed E-state index contributed by atoms with van der Waals surface area (Å²) < 4.78 is 11.1. The van der Waals surface area contributed by atoms with Crippen LogP contribution >= 0.6 is 0 Å². The standard InChI is InChI=1S/C23H39N5O2/c1-24-23(25-9-3-14-29-18-22-8-15-30-19-22)26-16-20-4-6-21(7-5-20)17-28-12-10-27(2)11-13-28/h4-7,22H,3,8-19H2,1-2H3,(H2,24,25,26). The molecule has 0 radical (unpaired) electrons. The molecule has 3 rings (SSSR count). The average Bonchev–Trinajstić information content (AvgIpc) is 3.29. The first-order valence-electron chi connectivity index (χ1n) is 11.3. The quantitative estimate of drug-likeness (QED) is 0.342. The largest absolute Gasteiger partial charge is 0.381 e. The van der Waals surface area contributed by atoms with Crippen molar-refractivity contribution in [1.82, 2.24) is 20.4 Å². The highest BCUT2D eigenvalue weighted by Gasteiger charge is 2.15. The number of nitrogens with one attached hydrogen (secondary N) is 2. The molecule has 2 saturated heterocycles. The Morgan fingerprint density at radius 3 is 2.60 bits per heavy atom. The van der Waals surface area contributed by atoms with Gasteiger partial charge in [-0.1, -0.05) is 24.3 Å². The van der Waals surface area contributed by atoms with E-state index in [-0.39, 0.29) is 0 Å². The number of likely N-dealkylation sites (N-methyl/N-ethyl adjacent to an activating group) is 1. The molecule has 2 aliphatic rings. The summed E-state index contributed by atoms with van der Waals surface area (Å²) in [6.45, 7) is 10.6. The minimum absolute atomic E-state index is 0.584.